The van der Waals surface area contributed by atoms with E-state index in [1.165, 1.54) is 0 Å². The van der Waals surface area contributed by atoms with Crippen molar-refractivity contribution in [1.29, 1.82) is 0 Å². The molecule has 3 heteroatoms. The Balaban J connectivity index is 3.01. The molecule has 0 spiro atoms. The molecular formula is C6H5BrFN. The van der Waals surface area contributed by atoms with Gasteiger partial charge in [0.2, 0.25) is 0 Å². The van der Waals surface area contributed by atoms with Gasteiger partial charge >= 0.3 is 0 Å². The van der Waals surface area contributed by atoms with E-state index in [4.69, 9.17) is 0 Å². The summed E-state index contributed by atoms with van der Waals surface area (Å²) in [6.07, 6.45) is 1.57. The van der Waals surface area contributed by atoms with Crippen molar-refractivity contribution in [3.05, 3.63) is 28.5 Å². The molecule has 0 N–H and O–H groups in total. The Bertz CT molecular complexity index is 202. The Labute approximate surface area is 61.0 Å². The Kier molecular flexibility index (Phi) is 2.16. The van der Waals surface area contributed by atoms with Crippen LogP contribution in [0.3, 0.4) is 0 Å². The van der Waals surface area contributed by atoms with Gasteiger partial charge in [0.15, 0.2) is 0 Å². The molecule has 1 nitrogen and oxygen atoms in total. The van der Waals surface area contributed by atoms with Gasteiger partial charge in [0.05, 0.1) is 5.69 Å². The van der Waals surface area contributed by atoms with Gasteiger partial charge in [0.25, 0.3) is 0 Å². The van der Waals surface area contributed by atoms with Gasteiger partial charge in [-0.05, 0) is 28.1 Å². The predicted octanol–water partition coefficient (Wildman–Crippen LogP) is 2.31. The molecule has 1 heterocycles. The van der Waals surface area contributed by atoms with E-state index in [2.05, 4.69) is 20.9 Å². The van der Waals surface area contributed by atoms with Crippen LogP contribution in [0.15, 0.2) is 22.8 Å². The highest BCUT2D eigenvalue weighted by atomic mass is 79.9. The van der Waals surface area contributed by atoms with Crippen molar-refractivity contribution in [3.8, 4) is 0 Å². The fourth-order valence-corrected chi connectivity index (χ4v) is 0.878. The second-order valence-electron chi connectivity index (χ2n) is 1.57. The summed E-state index contributed by atoms with van der Waals surface area (Å²) in [5.41, 5.74) is 0.456. The minimum atomic E-state index is -0.512. The number of hydrogen-bond donors (Lipinski definition) is 0. The van der Waals surface area contributed by atoms with Gasteiger partial charge in [-0.3, -0.25) is 4.98 Å². The smallest absolute Gasteiger partial charge is 0.133 e. The average molecular weight is 190 g/mol. The molecule has 0 atom stereocenters. The van der Waals surface area contributed by atoms with Crippen LogP contribution in [0, 0.1) is 0 Å². The highest BCUT2D eigenvalue weighted by Crippen LogP contribution is 2.13. The molecule has 1 aromatic rings. The van der Waals surface area contributed by atoms with E-state index in [0.717, 1.165) is 4.47 Å². The highest BCUT2D eigenvalue weighted by Gasteiger charge is 1.95. The molecule has 1 rings (SSSR count). The first kappa shape index (κ1) is 6.68. The Morgan fingerprint density at radius 2 is 2.44 bits per heavy atom. The van der Waals surface area contributed by atoms with Crippen LogP contribution in [0.5, 0.6) is 0 Å². The molecule has 0 unspecified atom stereocenters. The van der Waals surface area contributed by atoms with Gasteiger partial charge in [-0.1, -0.05) is 0 Å². The third-order valence-electron chi connectivity index (χ3n) is 0.961. The number of pyridine rings is 1. The first-order valence-corrected chi connectivity index (χ1v) is 3.29. The van der Waals surface area contributed by atoms with E-state index in [-0.39, 0.29) is 0 Å². The van der Waals surface area contributed by atoms with Crippen LogP contribution in [0.1, 0.15) is 5.69 Å². The van der Waals surface area contributed by atoms with Gasteiger partial charge in [-0.15, -0.1) is 0 Å². The molecule has 0 aromatic carbocycles. The van der Waals surface area contributed by atoms with Gasteiger partial charge in [-0.2, -0.15) is 0 Å². The normalized spacial score (nSPS) is 9.56. The summed E-state index contributed by atoms with van der Waals surface area (Å²) in [5.74, 6) is 0. The second-order valence-corrected chi connectivity index (χ2v) is 2.42. The van der Waals surface area contributed by atoms with Crippen molar-refractivity contribution in [2.45, 2.75) is 6.67 Å². The third-order valence-corrected chi connectivity index (χ3v) is 1.68. The quantitative estimate of drug-likeness (QED) is 0.662. The fourth-order valence-electron chi connectivity index (χ4n) is 0.517. The van der Waals surface area contributed by atoms with Gasteiger partial charge in [-0.25, -0.2) is 4.39 Å². The summed E-state index contributed by atoms with van der Waals surface area (Å²) in [6.45, 7) is -0.512. The van der Waals surface area contributed by atoms with Crippen LogP contribution < -0.4 is 0 Å². The van der Waals surface area contributed by atoms with E-state index >= 15 is 0 Å². The number of hydrogen-bond acceptors (Lipinski definition) is 1. The lowest BCUT2D eigenvalue weighted by molar-refractivity contribution is 0.474. The second kappa shape index (κ2) is 2.92. The number of aromatic nitrogens is 1. The average Bonchev–Trinajstić information content (AvgIpc) is 1.89. The maximum Gasteiger partial charge on any atom is 0.133 e. The molecule has 0 bridgehead atoms. The maximum atomic E-state index is 11.9. The first-order valence-electron chi connectivity index (χ1n) is 2.50. The summed E-state index contributed by atoms with van der Waals surface area (Å²) in [5, 5.41) is 0. The van der Waals surface area contributed by atoms with Crippen molar-refractivity contribution >= 4 is 15.9 Å². The number of halogens is 2. The summed E-state index contributed by atoms with van der Waals surface area (Å²) >= 11 is 3.15. The molecule has 0 aliphatic carbocycles. The van der Waals surface area contributed by atoms with Crippen LogP contribution >= 0.6 is 15.9 Å². The maximum absolute atomic E-state index is 11.9. The van der Waals surface area contributed by atoms with Crippen molar-refractivity contribution in [2.24, 2.45) is 0 Å². The van der Waals surface area contributed by atoms with E-state index in [1.54, 1.807) is 18.3 Å². The molecule has 48 valence electrons. The zero-order valence-corrected chi connectivity index (χ0v) is 6.23. The topological polar surface area (TPSA) is 12.9 Å². The number of alkyl halides is 1. The molecule has 0 aliphatic rings. The lowest BCUT2D eigenvalue weighted by atomic mass is 10.4. The van der Waals surface area contributed by atoms with Crippen LogP contribution in [0.25, 0.3) is 0 Å². The zero-order chi connectivity index (χ0) is 6.69. The SMILES string of the molecule is FCc1ncccc1Br. The van der Waals surface area contributed by atoms with E-state index < -0.39 is 6.67 Å². The van der Waals surface area contributed by atoms with Crippen LogP contribution in [0.2, 0.25) is 0 Å². The Morgan fingerprint density at radius 1 is 1.67 bits per heavy atom. The minimum Gasteiger partial charge on any atom is -0.257 e. The van der Waals surface area contributed by atoms with Crippen molar-refractivity contribution in [1.82, 2.24) is 4.98 Å². The third kappa shape index (κ3) is 1.48. The van der Waals surface area contributed by atoms with Crippen LogP contribution in [-0.2, 0) is 6.67 Å². The largest absolute Gasteiger partial charge is 0.257 e. The summed E-state index contributed by atoms with van der Waals surface area (Å²) in [6, 6.07) is 3.52. The molecule has 0 saturated carbocycles. The van der Waals surface area contributed by atoms with Crippen molar-refractivity contribution in [2.75, 3.05) is 0 Å². The van der Waals surface area contributed by atoms with Crippen LogP contribution in [-0.4, -0.2) is 4.98 Å². The molecule has 0 fully saturated rings. The fraction of sp³-hybridized carbons (Fsp3) is 0.167. The molecule has 9 heavy (non-hydrogen) atoms. The summed E-state index contributed by atoms with van der Waals surface area (Å²) in [7, 11) is 0. The molecular weight excluding hydrogens is 185 g/mol. The predicted molar refractivity (Wildman–Crippen MR) is 36.7 cm³/mol. The molecule has 0 radical (unpaired) electrons. The lowest BCUT2D eigenvalue weighted by Gasteiger charge is -1.93. The van der Waals surface area contributed by atoms with Crippen molar-refractivity contribution < 1.29 is 4.39 Å². The summed E-state index contributed by atoms with van der Waals surface area (Å²) in [4.78, 5) is 3.77. The number of nitrogens with zero attached hydrogens (tertiary/aromatic N) is 1. The molecule has 1 aromatic heterocycles. The van der Waals surface area contributed by atoms with Gasteiger partial charge in [0.1, 0.15) is 6.67 Å². The monoisotopic (exact) mass is 189 g/mol. The highest BCUT2D eigenvalue weighted by molar-refractivity contribution is 9.10. The van der Waals surface area contributed by atoms with E-state index in [0.29, 0.717) is 5.69 Å². The van der Waals surface area contributed by atoms with Gasteiger partial charge in [0, 0.05) is 10.7 Å². The lowest BCUT2D eigenvalue weighted by Crippen LogP contribution is -1.84. The number of rotatable bonds is 1. The van der Waals surface area contributed by atoms with E-state index in [1.807, 2.05) is 0 Å². The summed E-state index contributed by atoms with van der Waals surface area (Å²) < 4.78 is 12.6. The minimum absolute atomic E-state index is 0.456. The Morgan fingerprint density at radius 3 is 2.89 bits per heavy atom. The molecule has 0 amide bonds. The molecule has 0 saturated heterocycles. The van der Waals surface area contributed by atoms with Crippen molar-refractivity contribution in [3.63, 3.8) is 0 Å². The first-order chi connectivity index (χ1) is 4.34. The van der Waals surface area contributed by atoms with E-state index in [9.17, 15) is 4.39 Å². The standard InChI is InChI=1S/C6H5BrFN/c7-5-2-1-3-9-6(5)4-8/h1-3H,4H2. The van der Waals surface area contributed by atoms with Gasteiger partial charge < -0.3 is 0 Å². The molecule has 0 aliphatic heterocycles. The Hall–Kier alpha value is -0.440. The zero-order valence-electron chi connectivity index (χ0n) is 4.64. The van der Waals surface area contributed by atoms with Crippen LogP contribution in [0.4, 0.5) is 4.39 Å².